The molecule has 41 heavy (non-hydrogen) atoms. The lowest BCUT2D eigenvalue weighted by atomic mass is 10.1. The van der Waals surface area contributed by atoms with Crippen LogP contribution >= 0.6 is 23.1 Å². The average molecular weight is 572 g/mol. The Hall–Kier alpha value is -3.86. The van der Waals surface area contributed by atoms with Gasteiger partial charge in [0.05, 0.1) is 10.7 Å². The van der Waals surface area contributed by atoms with Crippen LogP contribution in [0, 0.1) is 0 Å². The summed E-state index contributed by atoms with van der Waals surface area (Å²) in [5.41, 5.74) is 8.94. The maximum absolute atomic E-state index is 2.45. The van der Waals surface area contributed by atoms with Crippen LogP contribution in [-0.2, 0) is 6.54 Å². The highest BCUT2D eigenvalue weighted by Crippen LogP contribution is 2.47. The van der Waals surface area contributed by atoms with Crippen LogP contribution in [0.1, 0.15) is 43.3 Å². The van der Waals surface area contributed by atoms with Gasteiger partial charge in [-0.1, -0.05) is 109 Å². The second kappa shape index (κ2) is 12.3. The van der Waals surface area contributed by atoms with Crippen molar-refractivity contribution in [3.8, 4) is 11.1 Å². The Bertz CT molecular complexity index is 1760. The lowest BCUT2D eigenvalue weighted by Crippen LogP contribution is -2.33. The molecule has 0 bridgehead atoms. The van der Waals surface area contributed by atoms with Crippen molar-refractivity contribution in [1.29, 1.82) is 0 Å². The number of thioether (sulfide) groups is 1. The molecule has 4 heteroatoms. The highest BCUT2D eigenvalue weighted by Gasteiger charge is 2.25. The molecule has 0 saturated carbocycles. The molecule has 1 aromatic heterocycles. The van der Waals surface area contributed by atoms with Crippen LogP contribution in [0.4, 0.5) is 5.69 Å². The minimum Gasteiger partial charge on any atom is -0.335 e. The van der Waals surface area contributed by atoms with E-state index in [1.165, 1.54) is 58.7 Å². The predicted molar refractivity (Wildman–Crippen MR) is 180 cm³/mol. The molecule has 1 aliphatic rings. The first-order chi connectivity index (χ1) is 20.2. The van der Waals surface area contributed by atoms with E-state index in [0.717, 1.165) is 19.5 Å². The number of aryl methyl sites for hydroxylation is 1. The summed E-state index contributed by atoms with van der Waals surface area (Å²) in [6.45, 7) is 8.64. The fourth-order valence-corrected chi connectivity index (χ4v) is 7.82. The van der Waals surface area contributed by atoms with Gasteiger partial charge in [-0.05, 0) is 78.4 Å². The molecule has 0 spiro atoms. The van der Waals surface area contributed by atoms with Gasteiger partial charge in [-0.25, -0.2) is 0 Å². The number of hydrogen-bond acceptors (Lipinski definition) is 3. The molecular formula is C37H35N2S2+. The number of thiazole rings is 1. The van der Waals surface area contributed by atoms with Crippen LogP contribution < -0.4 is 9.47 Å². The highest BCUT2D eigenvalue weighted by atomic mass is 32.2. The van der Waals surface area contributed by atoms with Gasteiger partial charge in [-0.3, -0.25) is 0 Å². The molecule has 0 radical (unpaired) electrons. The lowest BCUT2D eigenvalue weighted by molar-refractivity contribution is -0.665. The minimum absolute atomic E-state index is 0.947. The molecule has 4 aromatic carbocycles. The summed E-state index contributed by atoms with van der Waals surface area (Å²) in [6, 6.07) is 34.8. The van der Waals surface area contributed by atoms with E-state index >= 15 is 0 Å². The first kappa shape index (κ1) is 27.3. The van der Waals surface area contributed by atoms with Gasteiger partial charge in [-0.15, -0.1) is 0 Å². The Kier molecular flexibility index (Phi) is 8.22. The van der Waals surface area contributed by atoms with Crippen molar-refractivity contribution >= 4 is 57.2 Å². The van der Waals surface area contributed by atoms with Gasteiger partial charge >= 0.3 is 0 Å². The molecular weight excluding hydrogens is 537 g/mol. The third-order valence-corrected chi connectivity index (χ3v) is 9.71. The number of rotatable bonds is 8. The number of benzene rings is 4. The molecule has 2 heterocycles. The SMILES string of the molecule is CCC(=C\c1sc2cc(/C=C/c3ccccc3)ccc2[n+]1CC)/C=C1/Sc2cc(-c3ccccc3)ccc2N1CC. The summed E-state index contributed by atoms with van der Waals surface area (Å²) >= 11 is 3.77. The molecule has 204 valence electrons. The van der Waals surface area contributed by atoms with E-state index < -0.39 is 0 Å². The van der Waals surface area contributed by atoms with E-state index in [1.807, 2.05) is 23.1 Å². The Morgan fingerprint density at radius 2 is 1.54 bits per heavy atom. The van der Waals surface area contributed by atoms with Crippen LogP contribution in [0.2, 0.25) is 0 Å². The molecule has 0 amide bonds. The number of allylic oxidation sites excluding steroid dienone is 2. The van der Waals surface area contributed by atoms with Gasteiger partial charge in [0.25, 0.3) is 5.01 Å². The Balaban J connectivity index is 1.31. The fraction of sp³-hybridized carbons (Fsp3) is 0.162. The molecule has 0 unspecified atom stereocenters. The van der Waals surface area contributed by atoms with Crippen molar-refractivity contribution in [3.05, 3.63) is 130 Å². The zero-order valence-corrected chi connectivity index (χ0v) is 25.5. The quantitative estimate of drug-likeness (QED) is 0.135. The van der Waals surface area contributed by atoms with Crippen LogP contribution in [0.25, 0.3) is 39.6 Å². The fourth-order valence-electron chi connectivity index (χ4n) is 5.33. The van der Waals surface area contributed by atoms with E-state index in [0.29, 0.717) is 0 Å². The van der Waals surface area contributed by atoms with E-state index in [1.54, 1.807) is 0 Å². The summed E-state index contributed by atoms with van der Waals surface area (Å²) in [6.07, 6.45) is 10.2. The van der Waals surface area contributed by atoms with Crippen molar-refractivity contribution in [2.45, 2.75) is 38.6 Å². The topological polar surface area (TPSA) is 7.12 Å². The summed E-state index contributed by atoms with van der Waals surface area (Å²) in [7, 11) is 0. The van der Waals surface area contributed by atoms with Crippen molar-refractivity contribution in [2.75, 3.05) is 11.4 Å². The summed E-state index contributed by atoms with van der Waals surface area (Å²) in [4.78, 5) is 3.78. The molecule has 0 N–H and O–H groups in total. The number of hydrogen-bond donors (Lipinski definition) is 0. The molecule has 2 nitrogen and oxygen atoms in total. The zero-order valence-electron chi connectivity index (χ0n) is 23.9. The van der Waals surface area contributed by atoms with Crippen molar-refractivity contribution in [1.82, 2.24) is 0 Å². The Morgan fingerprint density at radius 1 is 0.780 bits per heavy atom. The van der Waals surface area contributed by atoms with Gasteiger partial charge in [-0.2, -0.15) is 4.57 Å². The standard InChI is InChI=1S/C37H35N2S2/c1-4-27(25-37-39(6-3)33-22-20-31(26-35(33)41-37)30-15-11-8-12-16-30)24-36-38(5-2)32-21-19-29(23-34(32)40-36)18-17-28-13-9-7-10-14-28/h7-26H,4-6H2,1-3H3/q+1/b18-17+. The lowest BCUT2D eigenvalue weighted by Gasteiger charge is -2.18. The summed E-state index contributed by atoms with van der Waals surface area (Å²) in [5.74, 6) is 0. The van der Waals surface area contributed by atoms with Crippen LogP contribution in [0.5, 0.6) is 0 Å². The van der Waals surface area contributed by atoms with E-state index in [2.05, 4.69) is 152 Å². The number of fused-ring (bicyclic) bond motifs is 2. The van der Waals surface area contributed by atoms with Gasteiger partial charge in [0.2, 0.25) is 5.52 Å². The van der Waals surface area contributed by atoms with Gasteiger partial charge in [0.1, 0.15) is 11.2 Å². The molecule has 0 atom stereocenters. The molecule has 6 rings (SSSR count). The van der Waals surface area contributed by atoms with E-state index in [4.69, 9.17) is 0 Å². The summed E-state index contributed by atoms with van der Waals surface area (Å²) in [5, 5.41) is 2.61. The largest absolute Gasteiger partial charge is 0.335 e. The molecule has 1 aliphatic heterocycles. The van der Waals surface area contributed by atoms with Gasteiger partial charge < -0.3 is 4.90 Å². The Labute approximate surface area is 252 Å². The second-order valence-electron chi connectivity index (χ2n) is 10.1. The maximum Gasteiger partial charge on any atom is 0.263 e. The Morgan fingerprint density at radius 3 is 2.27 bits per heavy atom. The van der Waals surface area contributed by atoms with Gasteiger partial charge in [0, 0.05) is 23.6 Å². The number of nitrogens with zero attached hydrogens (tertiary/aromatic N) is 2. The zero-order chi connectivity index (χ0) is 28.2. The maximum atomic E-state index is 2.45. The average Bonchev–Trinajstić information content (AvgIpc) is 3.56. The van der Waals surface area contributed by atoms with Crippen molar-refractivity contribution < 1.29 is 4.57 Å². The van der Waals surface area contributed by atoms with Crippen LogP contribution in [-0.4, -0.2) is 6.54 Å². The third kappa shape index (κ3) is 5.81. The highest BCUT2D eigenvalue weighted by molar-refractivity contribution is 8.03. The van der Waals surface area contributed by atoms with Crippen LogP contribution in [0.15, 0.2) is 119 Å². The molecule has 0 aliphatic carbocycles. The second-order valence-corrected chi connectivity index (χ2v) is 12.2. The first-order valence-corrected chi connectivity index (χ1v) is 16.1. The van der Waals surface area contributed by atoms with Gasteiger partial charge in [0.15, 0.2) is 0 Å². The molecule has 0 saturated heterocycles. The van der Waals surface area contributed by atoms with Crippen molar-refractivity contribution in [2.24, 2.45) is 0 Å². The smallest absolute Gasteiger partial charge is 0.263 e. The molecule has 0 fully saturated rings. The minimum atomic E-state index is 0.947. The number of aromatic nitrogens is 1. The monoisotopic (exact) mass is 571 g/mol. The summed E-state index contributed by atoms with van der Waals surface area (Å²) < 4.78 is 3.77. The molecule has 5 aromatic rings. The van der Waals surface area contributed by atoms with E-state index in [9.17, 15) is 0 Å². The number of anilines is 1. The normalized spacial score (nSPS) is 14.5. The predicted octanol–water partition coefficient (Wildman–Crippen LogP) is 10.3. The first-order valence-electron chi connectivity index (χ1n) is 14.4. The van der Waals surface area contributed by atoms with E-state index in [-0.39, 0.29) is 0 Å². The van der Waals surface area contributed by atoms with Crippen LogP contribution in [0.3, 0.4) is 0 Å². The van der Waals surface area contributed by atoms with Crippen molar-refractivity contribution in [3.63, 3.8) is 0 Å². The third-order valence-electron chi connectivity index (χ3n) is 7.52.